The normalized spacial score (nSPS) is 20.1. The molecule has 0 aromatic heterocycles. The van der Waals surface area contributed by atoms with E-state index in [1.165, 1.54) is 32.4 Å². The highest BCUT2D eigenvalue weighted by molar-refractivity contribution is 6.92. The predicted molar refractivity (Wildman–Crippen MR) is 79.7 cm³/mol. The Morgan fingerprint density at radius 2 is 1.31 bits per heavy atom. The molecule has 16 heavy (non-hydrogen) atoms. The molecule has 0 amide bonds. The molecule has 1 fully saturated rings. The van der Waals surface area contributed by atoms with Crippen molar-refractivity contribution in [2.45, 2.75) is 58.5 Å². The van der Waals surface area contributed by atoms with Gasteiger partial charge in [0.15, 0.2) is 8.40 Å². The number of hydrogen-bond acceptors (Lipinski definition) is 2. The predicted octanol–water partition coefficient (Wildman–Crippen LogP) is 2.98. The smallest absolute Gasteiger partial charge is 0.186 e. The summed E-state index contributed by atoms with van der Waals surface area (Å²) >= 11 is 0. The van der Waals surface area contributed by atoms with E-state index >= 15 is 0 Å². The molecule has 1 aliphatic heterocycles. The lowest BCUT2D eigenvalue weighted by Crippen LogP contribution is -2.68. The van der Waals surface area contributed by atoms with E-state index in [1.54, 1.807) is 0 Å². The highest BCUT2D eigenvalue weighted by Crippen LogP contribution is 2.23. The molecule has 0 unspecified atom stereocenters. The zero-order chi connectivity index (χ0) is 12.3. The van der Waals surface area contributed by atoms with Gasteiger partial charge < -0.3 is 8.46 Å². The van der Waals surface area contributed by atoms with E-state index in [4.69, 9.17) is 0 Å². The fourth-order valence-electron chi connectivity index (χ4n) is 3.12. The van der Waals surface area contributed by atoms with Crippen molar-refractivity contribution in [1.29, 1.82) is 0 Å². The fraction of sp³-hybridized carbons (Fsp3) is 1.00. The van der Waals surface area contributed by atoms with Gasteiger partial charge in [-0.05, 0) is 39.0 Å². The van der Waals surface area contributed by atoms with E-state index in [0.717, 1.165) is 0 Å². The molecule has 0 N–H and O–H groups in total. The Labute approximate surface area is 107 Å². The summed E-state index contributed by atoms with van der Waals surface area (Å²) in [5.74, 6) is 0. The van der Waals surface area contributed by atoms with Crippen molar-refractivity contribution in [3.05, 3.63) is 0 Å². The first-order valence-electron chi connectivity index (χ1n) is 6.53. The first-order valence-corrected chi connectivity index (χ1v) is 14.3. The van der Waals surface area contributed by atoms with Gasteiger partial charge in [-0.25, -0.2) is 0 Å². The van der Waals surface area contributed by atoms with Crippen LogP contribution in [0, 0.1) is 0 Å². The lowest BCUT2D eigenvalue weighted by atomic mass is 10.2. The molecule has 1 saturated heterocycles. The van der Waals surface area contributed by atoms with Crippen LogP contribution in [0.5, 0.6) is 0 Å². The standard InChI is InChI=1S/C11H28N2Si3/c1-14(2)13(15(3)4)16(5,6)12-10-8-7-9-11-12/h7-11H2,1-6H3. The molecule has 0 spiro atoms. The Balaban J connectivity index is 2.78. The molecule has 0 bridgehead atoms. The molecule has 1 aliphatic rings. The number of nitrogens with zero attached hydrogens (tertiary/aromatic N) is 2. The van der Waals surface area contributed by atoms with Crippen LogP contribution in [-0.4, -0.2) is 47.9 Å². The largest absolute Gasteiger partial charge is 0.358 e. The lowest BCUT2D eigenvalue weighted by Gasteiger charge is -2.50. The van der Waals surface area contributed by atoms with Crippen LogP contribution in [-0.2, 0) is 0 Å². The van der Waals surface area contributed by atoms with E-state index < -0.39 is 8.40 Å². The Morgan fingerprint density at radius 3 is 1.69 bits per heavy atom. The third kappa shape index (κ3) is 3.29. The molecule has 0 saturated carbocycles. The summed E-state index contributed by atoms with van der Waals surface area (Å²) in [5, 5.41) is 0. The van der Waals surface area contributed by atoms with Gasteiger partial charge in [0, 0.05) is 0 Å². The van der Waals surface area contributed by atoms with E-state index in [0.29, 0.717) is 0 Å². The van der Waals surface area contributed by atoms with Gasteiger partial charge in [0.05, 0.1) is 0 Å². The van der Waals surface area contributed by atoms with Gasteiger partial charge in [0.1, 0.15) is 17.9 Å². The van der Waals surface area contributed by atoms with Crippen molar-refractivity contribution < 1.29 is 0 Å². The summed E-state index contributed by atoms with van der Waals surface area (Å²) in [6.45, 7) is 17.8. The quantitative estimate of drug-likeness (QED) is 0.726. The number of piperidine rings is 1. The second kappa shape index (κ2) is 5.95. The first kappa shape index (κ1) is 14.6. The Bertz CT molecular complexity index is 205. The van der Waals surface area contributed by atoms with Crippen molar-refractivity contribution >= 4 is 26.3 Å². The maximum atomic E-state index is 2.98. The minimum Gasteiger partial charge on any atom is -0.358 e. The maximum absolute atomic E-state index is 2.98. The Hall–Kier alpha value is 0.571. The van der Waals surface area contributed by atoms with Crippen molar-refractivity contribution in [2.75, 3.05) is 13.1 Å². The molecule has 94 valence electrons. The molecule has 0 aromatic carbocycles. The van der Waals surface area contributed by atoms with Gasteiger partial charge in [0.2, 0.25) is 0 Å². The summed E-state index contributed by atoms with van der Waals surface area (Å²) in [6, 6.07) is 0. The molecule has 1 rings (SSSR count). The highest BCUT2D eigenvalue weighted by Gasteiger charge is 2.39. The Kier molecular flexibility index (Phi) is 5.44. The molecule has 2 nitrogen and oxygen atoms in total. The van der Waals surface area contributed by atoms with Crippen molar-refractivity contribution in [3.63, 3.8) is 0 Å². The van der Waals surface area contributed by atoms with Crippen LogP contribution >= 0.6 is 0 Å². The van der Waals surface area contributed by atoms with Crippen LogP contribution in [0.15, 0.2) is 0 Å². The average molecular weight is 273 g/mol. The molecular formula is C11H28N2Si3. The minimum atomic E-state index is -1.30. The molecule has 0 aliphatic carbocycles. The first-order chi connectivity index (χ1) is 7.37. The van der Waals surface area contributed by atoms with Crippen molar-refractivity contribution in [1.82, 2.24) is 8.46 Å². The summed E-state index contributed by atoms with van der Waals surface area (Å²) in [5.41, 5.74) is 0. The molecule has 2 radical (unpaired) electrons. The lowest BCUT2D eigenvalue weighted by molar-refractivity contribution is 0.333. The van der Waals surface area contributed by atoms with Crippen molar-refractivity contribution in [2.24, 2.45) is 0 Å². The maximum Gasteiger partial charge on any atom is 0.186 e. The molecule has 1 heterocycles. The third-order valence-electron chi connectivity index (χ3n) is 3.57. The molecule has 5 heteroatoms. The van der Waals surface area contributed by atoms with Gasteiger partial charge >= 0.3 is 0 Å². The van der Waals surface area contributed by atoms with Crippen LogP contribution in [0.3, 0.4) is 0 Å². The second-order valence-corrected chi connectivity index (χ2v) is 15.9. The minimum absolute atomic E-state index is 0.279. The zero-order valence-electron chi connectivity index (χ0n) is 11.9. The monoisotopic (exact) mass is 272 g/mol. The van der Waals surface area contributed by atoms with Crippen LogP contribution in [0.2, 0.25) is 39.3 Å². The fourth-order valence-corrected chi connectivity index (χ4v) is 18.0. The van der Waals surface area contributed by atoms with E-state index in [-0.39, 0.29) is 17.9 Å². The number of rotatable bonds is 4. The molecule has 0 atom stereocenters. The molecular weight excluding hydrogens is 244 g/mol. The van der Waals surface area contributed by atoms with Crippen LogP contribution in [0.4, 0.5) is 0 Å². The second-order valence-electron chi connectivity index (χ2n) is 5.77. The summed E-state index contributed by atoms with van der Waals surface area (Å²) in [6.07, 6.45) is 4.30. The molecule has 0 aromatic rings. The van der Waals surface area contributed by atoms with Crippen LogP contribution in [0.25, 0.3) is 0 Å². The van der Waals surface area contributed by atoms with E-state index in [1.807, 2.05) is 0 Å². The number of hydrogen-bond donors (Lipinski definition) is 0. The summed E-state index contributed by atoms with van der Waals surface area (Å²) in [7, 11) is -1.86. The van der Waals surface area contributed by atoms with Gasteiger partial charge in [-0.15, -0.1) is 0 Å². The van der Waals surface area contributed by atoms with Gasteiger partial charge in [0.25, 0.3) is 0 Å². The average Bonchev–Trinajstić information content (AvgIpc) is 2.17. The van der Waals surface area contributed by atoms with Crippen LogP contribution < -0.4 is 0 Å². The highest BCUT2D eigenvalue weighted by atomic mass is 28.4. The van der Waals surface area contributed by atoms with Crippen LogP contribution in [0.1, 0.15) is 19.3 Å². The summed E-state index contributed by atoms with van der Waals surface area (Å²) in [4.78, 5) is 0. The zero-order valence-corrected chi connectivity index (χ0v) is 14.9. The topological polar surface area (TPSA) is 6.48 Å². The van der Waals surface area contributed by atoms with Crippen molar-refractivity contribution in [3.8, 4) is 0 Å². The SMILES string of the molecule is C[Si](C)N([Si](C)C)[Si](C)(C)N1CCCCC1. The van der Waals surface area contributed by atoms with E-state index in [2.05, 4.69) is 47.7 Å². The summed E-state index contributed by atoms with van der Waals surface area (Å²) < 4.78 is 5.83. The van der Waals surface area contributed by atoms with Gasteiger partial charge in [-0.3, -0.25) is 0 Å². The Morgan fingerprint density at radius 1 is 0.875 bits per heavy atom. The van der Waals surface area contributed by atoms with Gasteiger partial charge in [-0.2, -0.15) is 0 Å². The third-order valence-corrected chi connectivity index (χ3v) is 17.1. The van der Waals surface area contributed by atoms with E-state index in [9.17, 15) is 0 Å². The van der Waals surface area contributed by atoms with Gasteiger partial charge in [-0.1, -0.05) is 32.6 Å².